The lowest BCUT2D eigenvalue weighted by molar-refractivity contribution is 0.260. The van der Waals surface area contributed by atoms with Crippen molar-refractivity contribution in [3.05, 3.63) is 0 Å². The molecule has 0 aliphatic carbocycles. The maximum absolute atomic E-state index is 2.40. The fraction of sp³-hybridized carbons (Fsp3) is 1.00. The minimum atomic E-state index is 0.514. The zero-order chi connectivity index (χ0) is 13.9. The Kier molecular flexibility index (Phi) is 10.9. The molecular formula is C18H38. The first-order valence-corrected chi connectivity index (χ1v) is 8.49. The summed E-state index contributed by atoms with van der Waals surface area (Å²) in [6, 6.07) is 0. The van der Waals surface area contributed by atoms with Gasteiger partial charge in [0.05, 0.1) is 0 Å². The Morgan fingerprint density at radius 3 is 1.61 bits per heavy atom. The molecule has 0 aliphatic rings. The van der Waals surface area contributed by atoms with Crippen molar-refractivity contribution in [1.29, 1.82) is 0 Å². The van der Waals surface area contributed by atoms with Gasteiger partial charge in [-0.1, -0.05) is 98.8 Å². The van der Waals surface area contributed by atoms with Crippen molar-refractivity contribution in [2.75, 3.05) is 0 Å². The molecule has 0 heteroatoms. The molecule has 0 aromatic carbocycles. The molecule has 0 bridgehead atoms. The standard InChI is InChI=1S/C18H38/c1-6-8-10-11-13-15-17(14-12-9-7-2)16-18(3,4)5/h17H,6-16H2,1-5H3. The van der Waals surface area contributed by atoms with Crippen molar-refractivity contribution in [2.45, 2.75) is 105 Å². The SMILES string of the molecule is CCCCCCCC(CCCCC)CC(C)(C)C. The monoisotopic (exact) mass is 254 g/mol. The maximum Gasteiger partial charge on any atom is -0.0380 e. The number of hydrogen-bond donors (Lipinski definition) is 0. The summed E-state index contributed by atoms with van der Waals surface area (Å²) in [6.45, 7) is 11.8. The van der Waals surface area contributed by atoms with Crippen LogP contribution in [0.3, 0.4) is 0 Å². The molecule has 0 saturated heterocycles. The summed E-state index contributed by atoms with van der Waals surface area (Å²) >= 11 is 0. The molecule has 0 fully saturated rings. The molecule has 1 atom stereocenters. The van der Waals surface area contributed by atoms with Crippen molar-refractivity contribution in [2.24, 2.45) is 11.3 Å². The molecule has 0 radical (unpaired) electrons. The smallest absolute Gasteiger partial charge is 0.0380 e. The average molecular weight is 255 g/mol. The van der Waals surface area contributed by atoms with Gasteiger partial charge < -0.3 is 0 Å². The minimum absolute atomic E-state index is 0.514. The van der Waals surface area contributed by atoms with Crippen molar-refractivity contribution >= 4 is 0 Å². The van der Waals surface area contributed by atoms with Gasteiger partial charge in [0.2, 0.25) is 0 Å². The Morgan fingerprint density at radius 2 is 1.11 bits per heavy atom. The molecule has 0 aromatic rings. The Bertz CT molecular complexity index is 163. The third-order valence-electron chi connectivity index (χ3n) is 3.83. The third kappa shape index (κ3) is 12.5. The molecule has 0 saturated carbocycles. The Balaban J connectivity index is 3.81. The quantitative estimate of drug-likeness (QED) is 0.349. The highest BCUT2D eigenvalue weighted by Gasteiger charge is 2.18. The second kappa shape index (κ2) is 10.9. The summed E-state index contributed by atoms with van der Waals surface area (Å²) in [7, 11) is 0. The number of hydrogen-bond acceptors (Lipinski definition) is 0. The Labute approximate surface area is 117 Å². The van der Waals surface area contributed by atoms with Crippen LogP contribution in [0.25, 0.3) is 0 Å². The highest BCUT2D eigenvalue weighted by atomic mass is 14.2. The average Bonchev–Trinajstić information content (AvgIpc) is 2.27. The fourth-order valence-electron chi connectivity index (χ4n) is 2.93. The lowest BCUT2D eigenvalue weighted by atomic mass is 9.80. The highest BCUT2D eigenvalue weighted by molar-refractivity contribution is 4.70. The van der Waals surface area contributed by atoms with Crippen LogP contribution < -0.4 is 0 Å². The molecule has 0 heterocycles. The highest BCUT2D eigenvalue weighted by Crippen LogP contribution is 2.31. The normalized spacial score (nSPS) is 13.8. The van der Waals surface area contributed by atoms with Crippen LogP contribution in [-0.4, -0.2) is 0 Å². The molecule has 0 aliphatic heterocycles. The molecule has 0 spiro atoms. The van der Waals surface area contributed by atoms with Crippen LogP contribution in [0.1, 0.15) is 105 Å². The van der Waals surface area contributed by atoms with Crippen molar-refractivity contribution in [1.82, 2.24) is 0 Å². The second-order valence-electron chi connectivity index (χ2n) is 7.33. The van der Waals surface area contributed by atoms with E-state index in [1.165, 1.54) is 70.6 Å². The van der Waals surface area contributed by atoms with Gasteiger partial charge in [-0.2, -0.15) is 0 Å². The molecular weight excluding hydrogens is 216 g/mol. The molecule has 18 heavy (non-hydrogen) atoms. The van der Waals surface area contributed by atoms with Gasteiger partial charge in [0.25, 0.3) is 0 Å². The second-order valence-corrected chi connectivity index (χ2v) is 7.33. The molecule has 0 N–H and O–H groups in total. The maximum atomic E-state index is 2.40. The van der Waals surface area contributed by atoms with E-state index in [-0.39, 0.29) is 0 Å². The summed E-state index contributed by atoms with van der Waals surface area (Å²) in [5.74, 6) is 0.984. The van der Waals surface area contributed by atoms with Crippen LogP contribution in [0.2, 0.25) is 0 Å². The van der Waals surface area contributed by atoms with E-state index in [1.54, 1.807) is 0 Å². The third-order valence-corrected chi connectivity index (χ3v) is 3.83. The van der Waals surface area contributed by atoms with Gasteiger partial charge in [-0.05, 0) is 17.8 Å². The molecule has 0 rings (SSSR count). The van der Waals surface area contributed by atoms with Crippen molar-refractivity contribution in [3.63, 3.8) is 0 Å². The summed E-state index contributed by atoms with van der Waals surface area (Å²) in [4.78, 5) is 0. The van der Waals surface area contributed by atoms with Crippen LogP contribution in [0.15, 0.2) is 0 Å². The first kappa shape index (κ1) is 18.0. The first-order valence-electron chi connectivity index (χ1n) is 8.49. The Morgan fingerprint density at radius 1 is 0.667 bits per heavy atom. The Hall–Kier alpha value is 0. The zero-order valence-electron chi connectivity index (χ0n) is 13.9. The van der Waals surface area contributed by atoms with E-state index >= 15 is 0 Å². The summed E-state index contributed by atoms with van der Waals surface area (Å²) in [6.07, 6.45) is 15.8. The van der Waals surface area contributed by atoms with E-state index in [1.807, 2.05) is 0 Å². The first-order chi connectivity index (χ1) is 8.49. The van der Waals surface area contributed by atoms with Crippen LogP contribution in [-0.2, 0) is 0 Å². The van der Waals surface area contributed by atoms with Gasteiger partial charge in [-0.15, -0.1) is 0 Å². The van der Waals surface area contributed by atoms with Crippen LogP contribution in [0.4, 0.5) is 0 Å². The van der Waals surface area contributed by atoms with Crippen molar-refractivity contribution in [3.8, 4) is 0 Å². The van der Waals surface area contributed by atoms with E-state index in [9.17, 15) is 0 Å². The summed E-state index contributed by atoms with van der Waals surface area (Å²) in [5.41, 5.74) is 0.514. The van der Waals surface area contributed by atoms with Gasteiger partial charge in [0.1, 0.15) is 0 Å². The molecule has 0 nitrogen and oxygen atoms in total. The van der Waals surface area contributed by atoms with Gasteiger partial charge in [0, 0.05) is 0 Å². The molecule has 0 aromatic heterocycles. The fourth-order valence-corrected chi connectivity index (χ4v) is 2.93. The minimum Gasteiger partial charge on any atom is -0.0654 e. The topological polar surface area (TPSA) is 0 Å². The molecule has 0 amide bonds. The van der Waals surface area contributed by atoms with Crippen molar-refractivity contribution < 1.29 is 0 Å². The van der Waals surface area contributed by atoms with E-state index < -0.39 is 0 Å². The largest absolute Gasteiger partial charge is 0.0654 e. The van der Waals surface area contributed by atoms with Gasteiger partial charge >= 0.3 is 0 Å². The van der Waals surface area contributed by atoms with E-state index in [2.05, 4.69) is 34.6 Å². The van der Waals surface area contributed by atoms with Crippen LogP contribution >= 0.6 is 0 Å². The van der Waals surface area contributed by atoms with E-state index in [4.69, 9.17) is 0 Å². The van der Waals surface area contributed by atoms with E-state index in [0.29, 0.717) is 5.41 Å². The lowest BCUT2D eigenvalue weighted by Crippen LogP contribution is -2.13. The lowest BCUT2D eigenvalue weighted by Gasteiger charge is -2.26. The number of rotatable bonds is 11. The zero-order valence-corrected chi connectivity index (χ0v) is 13.9. The predicted octanol–water partition coefficient (Wildman–Crippen LogP) is 6.98. The summed E-state index contributed by atoms with van der Waals surface area (Å²) < 4.78 is 0. The molecule has 110 valence electrons. The van der Waals surface area contributed by atoms with Gasteiger partial charge in [-0.3, -0.25) is 0 Å². The molecule has 1 unspecified atom stereocenters. The summed E-state index contributed by atoms with van der Waals surface area (Å²) in [5, 5.41) is 0. The van der Waals surface area contributed by atoms with Crippen LogP contribution in [0.5, 0.6) is 0 Å². The van der Waals surface area contributed by atoms with E-state index in [0.717, 1.165) is 5.92 Å². The predicted molar refractivity (Wildman–Crippen MR) is 85.1 cm³/mol. The van der Waals surface area contributed by atoms with Gasteiger partial charge in [0.15, 0.2) is 0 Å². The van der Waals surface area contributed by atoms with Gasteiger partial charge in [-0.25, -0.2) is 0 Å². The van der Waals surface area contributed by atoms with Crippen LogP contribution in [0, 0.1) is 11.3 Å². The number of unbranched alkanes of at least 4 members (excludes halogenated alkanes) is 6.